The topological polar surface area (TPSA) is 55.8 Å². The number of carbonyl (C=O) groups excluding carboxylic acids is 1. The van der Waals surface area contributed by atoms with Gasteiger partial charge in [-0.1, -0.05) is 27.7 Å². The molecule has 12 atom stereocenters. The van der Waals surface area contributed by atoms with E-state index in [-0.39, 0.29) is 29.0 Å². The first-order chi connectivity index (χ1) is 14.7. The summed E-state index contributed by atoms with van der Waals surface area (Å²) in [6, 6.07) is 0. The number of ketones is 1. The van der Waals surface area contributed by atoms with E-state index in [9.17, 15) is 9.90 Å². The maximum atomic E-state index is 14.0. The van der Waals surface area contributed by atoms with Crippen LogP contribution >= 0.6 is 0 Å². The number of aliphatic hydroxyl groups excluding tert-OH is 1. The van der Waals surface area contributed by atoms with Crippen LogP contribution in [0.1, 0.15) is 85.5 Å². The molecule has 6 aliphatic rings. The first kappa shape index (κ1) is 21.1. The van der Waals surface area contributed by atoms with Gasteiger partial charge in [0.25, 0.3) is 0 Å². The van der Waals surface area contributed by atoms with Crippen molar-refractivity contribution in [1.82, 2.24) is 0 Å². The van der Waals surface area contributed by atoms with E-state index in [2.05, 4.69) is 27.7 Å². The molecule has 1 spiro atoms. The Balaban J connectivity index is 1.30. The Morgan fingerprint density at radius 2 is 1.81 bits per heavy atom. The number of ether oxygens (including phenoxy) is 2. The van der Waals surface area contributed by atoms with Crippen LogP contribution in [0.5, 0.6) is 0 Å². The molecular formula is C27H42O4. The van der Waals surface area contributed by atoms with E-state index in [1.165, 1.54) is 12.8 Å². The third-order valence-electron chi connectivity index (χ3n) is 11.8. The molecule has 0 radical (unpaired) electrons. The number of hydrogen-bond acceptors (Lipinski definition) is 4. The van der Waals surface area contributed by atoms with Gasteiger partial charge in [-0.3, -0.25) is 4.79 Å². The second-order valence-corrected chi connectivity index (χ2v) is 13.0. The Morgan fingerprint density at radius 3 is 2.55 bits per heavy atom. The molecule has 174 valence electrons. The van der Waals surface area contributed by atoms with Crippen molar-refractivity contribution >= 4 is 5.78 Å². The van der Waals surface area contributed by atoms with Gasteiger partial charge < -0.3 is 14.6 Å². The fraction of sp³-hybridized carbons (Fsp3) is 0.963. The van der Waals surface area contributed by atoms with Crippen molar-refractivity contribution in [3.05, 3.63) is 0 Å². The number of rotatable bonds is 0. The lowest BCUT2D eigenvalue weighted by atomic mass is 9.44. The van der Waals surface area contributed by atoms with E-state index < -0.39 is 5.79 Å². The van der Waals surface area contributed by atoms with Gasteiger partial charge in [0.1, 0.15) is 5.78 Å². The van der Waals surface area contributed by atoms with Crippen LogP contribution in [0.3, 0.4) is 0 Å². The molecule has 4 nitrogen and oxygen atoms in total. The predicted octanol–water partition coefficient (Wildman–Crippen LogP) is 4.97. The third kappa shape index (κ3) is 2.68. The van der Waals surface area contributed by atoms with E-state index >= 15 is 0 Å². The summed E-state index contributed by atoms with van der Waals surface area (Å²) in [5.41, 5.74) is -0.0221. The van der Waals surface area contributed by atoms with Crippen molar-refractivity contribution in [1.29, 1.82) is 0 Å². The molecule has 0 amide bonds. The average molecular weight is 431 g/mol. The van der Waals surface area contributed by atoms with Gasteiger partial charge >= 0.3 is 0 Å². The highest BCUT2D eigenvalue weighted by atomic mass is 16.7. The number of Topliss-reactive ketones (excluding diaryl/α,β-unsaturated/α-hetero) is 1. The Kier molecular flexibility index (Phi) is 4.62. The summed E-state index contributed by atoms with van der Waals surface area (Å²) in [5.74, 6) is 3.45. The van der Waals surface area contributed by atoms with Crippen molar-refractivity contribution in [2.45, 2.75) is 103 Å². The molecule has 4 saturated carbocycles. The predicted molar refractivity (Wildman–Crippen MR) is 118 cm³/mol. The summed E-state index contributed by atoms with van der Waals surface area (Å²) in [4.78, 5) is 14.0. The van der Waals surface area contributed by atoms with Crippen LogP contribution in [0.25, 0.3) is 0 Å². The molecule has 6 fully saturated rings. The number of fused-ring (bicyclic) bond motifs is 7. The molecule has 2 saturated heterocycles. The molecule has 4 heteroatoms. The highest BCUT2D eigenvalue weighted by molar-refractivity contribution is 5.87. The summed E-state index contributed by atoms with van der Waals surface area (Å²) in [6.45, 7) is 10.1. The highest BCUT2D eigenvalue weighted by Crippen LogP contribution is 2.70. The zero-order valence-corrected chi connectivity index (χ0v) is 19.9. The monoisotopic (exact) mass is 430 g/mol. The van der Waals surface area contributed by atoms with Gasteiger partial charge in [-0.05, 0) is 80.0 Å². The van der Waals surface area contributed by atoms with E-state index in [0.29, 0.717) is 41.3 Å². The van der Waals surface area contributed by atoms with Gasteiger partial charge in [-0.25, -0.2) is 0 Å². The van der Waals surface area contributed by atoms with Gasteiger partial charge in [0.15, 0.2) is 5.79 Å². The standard InChI is InChI=1S/C27H42O4/c1-15-7-10-27(30-14-15)16(2)24-22(31-27)12-21-19-6-5-17-11-18(28)8-9-25(17,3)20(19)13-23(29)26(21,24)4/h15-22,24,28H,5-14H2,1-4H3/t15-,16+,17-,18-,19-,20+,21+,22+,24+,25-,26+,27+/m0/s1. The molecular weight excluding hydrogens is 388 g/mol. The second-order valence-electron chi connectivity index (χ2n) is 13.0. The van der Waals surface area contributed by atoms with Crippen molar-refractivity contribution in [3.8, 4) is 0 Å². The van der Waals surface area contributed by atoms with E-state index in [0.717, 1.165) is 51.6 Å². The van der Waals surface area contributed by atoms with Crippen LogP contribution in [0.4, 0.5) is 0 Å². The average Bonchev–Trinajstić information content (AvgIpc) is 3.18. The van der Waals surface area contributed by atoms with E-state index in [1.807, 2.05) is 0 Å². The number of aliphatic hydroxyl groups is 1. The molecule has 2 heterocycles. The Hall–Kier alpha value is -0.450. The molecule has 0 aromatic rings. The molecule has 4 aliphatic carbocycles. The Bertz CT molecular complexity index is 756. The first-order valence-electron chi connectivity index (χ1n) is 13.2. The Morgan fingerprint density at radius 1 is 1.00 bits per heavy atom. The van der Waals surface area contributed by atoms with Crippen LogP contribution in [-0.4, -0.2) is 35.5 Å². The summed E-state index contributed by atoms with van der Waals surface area (Å²) >= 11 is 0. The SMILES string of the molecule is C[C@H]1CC[C@@]2(OC1)O[C@@H]1C[C@@H]3[C@H]4CC[C@H]5C[C@@H](O)CC[C@]5(C)[C@@H]4CC(=O)[C@]3(C)[C@@H]1[C@H]2C. The summed E-state index contributed by atoms with van der Waals surface area (Å²) in [6.07, 6.45) is 9.39. The van der Waals surface area contributed by atoms with Gasteiger partial charge in [-0.2, -0.15) is 0 Å². The number of hydrogen-bond donors (Lipinski definition) is 1. The third-order valence-corrected chi connectivity index (χ3v) is 11.8. The molecule has 1 N–H and O–H groups in total. The molecule has 0 unspecified atom stereocenters. The van der Waals surface area contributed by atoms with Crippen molar-refractivity contribution in [2.75, 3.05) is 6.61 Å². The molecule has 6 rings (SSSR count). The van der Waals surface area contributed by atoms with Crippen molar-refractivity contribution < 1.29 is 19.4 Å². The molecule has 0 aromatic heterocycles. The first-order valence-corrected chi connectivity index (χ1v) is 13.2. The van der Waals surface area contributed by atoms with Crippen LogP contribution in [0.15, 0.2) is 0 Å². The largest absolute Gasteiger partial charge is 0.393 e. The summed E-state index contributed by atoms with van der Waals surface area (Å²) in [5, 5.41) is 10.3. The lowest BCUT2D eigenvalue weighted by molar-refractivity contribution is -0.272. The lowest BCUT2D eigenvalue weighted by Gasteiger charge is -2.60. The van der Waals surface area contributed by atoms with Crippen LogP contribution in [-0.2, 0) is 14.3 Å². The van der Waals surface area contributed by atoms with Crippen LogP contribution in [0, 0.1) is 52.3 Å². The molecule has 2 aliphatic heterocycles. The molecule has 31 heavy (non-hydrogen) atoms. The fourth-order valence-corrected chi connectivity index (χ4v) is 9.93. The van der Waals surface area contributed by atoms with E-state index in [4.69, 9.17) is 9.47 Å². The highest BCUT2D eigenvalue weighted by Gasteiger charge is 2.71. The summed E-state index contributed by atoms with van der Waals surface area (Å²) in [7, 11) is 0. The van der Waals surface area contributed by atoms with Crippen molar-refractivity contribution in [3.63, 3.8) is 0 Å². The second kappa shape index (κ2) is 6.79. The van der Waals surface area contributed by atoms with Gasteiger partial charge in [0.2, 0.25) is 0 Å². The molecule has 0 aromatic carbocycles. The van der Waals surface area contributed by atoms with Crippen LogP contribution < -0.4 is 0 Å². The zero-order chi connectivity index (χ0) is 21.8. The minimum atomic E-state index is -0.448. The normalized spacial score (nSPS) is 60.9. The van der Waals surface area contributed by atoms with Crippen molar-refractivity contribution in [2.24, 2.45) is 52.3 Å². The van der Waals surface area contributed by atoms with Gasteiger partial charge in [0.05, 0.1) is 18.8 Å². The quantitative estimate of drug-likeness (QED) is 0.589. The van der Waals surface area contributed by atoms with Gasteiger partial charge in [0, 0.05) is 30.1 Å². The molecule has 0 bridgehead atoms. The summed E-state index contributed by atoms with van der Waals surface area (Å²) < 4.78 is 13.2. The fourth-order valence-electron chi connectivity index (χ4n) is 9.93. The minimum absolute atomic E-state index is 0.131. The smallest absolute Gasteiger partial charge is 0.171 e. The number of carbonyl (C=O) groups is 1. The van der Waals surface area contributed by atoms with Gasteiger partial charge in [-0.15, -0.1) is 0 Å². The maximum Gasteiger partial charge on any atom is 0.171 e. The Labute approximate surface area is 187 Å². The maximum absolute atomic E-state index is 14.0. The minimum Gasteiger partial charge on any atom is -0.393 e. The van der Waals surface area contributed by atoms with Crippen LogP contribution in [0.2, 0.25) is 0 Å². The zero-order valence-electron chi connectivity index (χ0n) is 19.9. The lowest BCUT2D eigenvalue weighted by Crippen LogP contribution is -2.58. The van der Waals surface area contributed by atoms with E-state index in [1.54, 1.807) is 0 Å².